The molecular formula is C27H31F2N5O2. The molecule has 2 aromatic heterocycles. The summed E-state index contributed by atoms with van der Waals surface area (Å²) < 4.78 is 35.3. The van der Waals surface area contributed by atoms with E-state index in [2.05, 4.69) is 19.9 Å². The van der Waals surface area contributed by atoms with Crippen LogP contribution in [-0.4, -0.2) is 62.8 Å². The lowest BCUT2D eigenvalue weighted by atomic mass is 10.1. The van der Waals surface area contributed by atoms with E-state index in [0.29, 0.717) is 43.2 Å². The Morgan fingerprint density at radius 3 is 2.64 bits per heavy atom. The van der Waals surface area contributed by atoms with E-state index >= 15 is 0 Å². The molecule has 2 aliphatic heterocycles. The van der Waals surface area contributed by atoms with Gasteiger partial charge in [0, 0.05) is 43.1 Å². The molecule has 0 radical (unpaired) electrons. The molecular weight excluding hydrogens is 464 g/mol. The van der Waals surface area contributed by atoms with Crippen molar-refractivity contribution in [3.05, 3.63) is 65.4 Å². The summed E-state index contributed by atoms with van der Waals surface area (Å²) in [6, 6.07) is 7.04. The Balaban J connectivity index is 1.35. The first-order valence-corrected chi connectivity index (χ1v) is 12.3. The number of fused-ring (bicyclic) bond motifs is 1. The summed E-state index contributed by atoms with van der Waals surface area (Å²) in [4.78, 5) is 17.4. The Kier molecular flexibility index (Phi) is 6.61. The highest BCUT2D eigenvalue weighted by molar-refractivity contribution is 5.72. The van der Waals surface area contributed by atoms with E-state index in [-0.39, 0.29) is 17.5 Å². The van der Waals surface area contributed by atoms with Gasteiger partial charge in [0.25, 0.3) is 0 Å². The molecule has 5 rings (SSSR count). The summed E-state index contributed by atoms with van der Waals surface area (Å²) in [7, 11) is 0. The van der Waals surface area contributed by atoms with Crippen LogP contribution in [0.4, 0.5) is 14.5 Å². The van der Waals surface area contributed by atoms with E-state index in [1.54, 1.807) is 6.07 Å². The molecule has 1 aromatic carbocycles. The van der Waals surface area contributed by atoms with Crippen LogP contribution in [0.3, 0.4) is 0 Å². The highest BCUT2D eigenvalue weighted by Gasteiger charge is 2.31. The molecule has 0 saturated carbocycles. The molecule has 1 atom stereocenters. The second-order valence-corrected chi connectivity index (χ2v) is 10.2. The molecule has 0 amide bonds. The van der Waals surface area contributed by atoms with Gasteiger partial charge in [-0.05, 0) is 51.0 Å². The van der Waals surface area contributed by atoms with Crippen LogP contribution in [0.1, 0.15) is 44.3 Å². The number of rotatable bonds is 6. The van der Waals surface area contributed by atoms with Gasteiger partial charge in [0.2, 0.25) is 0 Å². The van der Waals surface area contributed by atoms with Crippen molar-refractivity contribution in [2.24, 2.45) is 0 Å². The van der Waals surface area contributed by atoms with Crippen LogP contribution in [0.15, 0.2) is 36.7 Å². The van der Waals surface area contributed by atoms with Crippen LogP contribution >= 0.6 is 0 Å². The van der Waals surface area contributed by atoms with E-state index < -0.39 is 17.2 Å². The molecule has 0 spiro atoms. The van der Waals surface area contributed by atoms with Crippen molar-refractivity contribution in [3.63, 3.8) is 0 Å². The van der Waals surface area contributed by atoms with Gasteiger partial charge in [0.15, 0.2) is 17.4 Å². The zero-order valence-electron chi connectivity index (χ0n) is 20.8. The number of anilines is 1. The monoisotopic (exact) mass is 495 g/mol. The van der Waals surface area contributed by atoms with Crippen LogP contribution in [0.25, 0.3) is 11.3 Å². The number of aliphatic hydroxyl groups is 1. The summed E-state index contributed by atoms with van der Waals surface area (Å²) in [5.74, 6) is -0.563. The molecule has 3 aromatic rings. The van der Waals surface area contributed by atoms with Gasteiger partial charge in [0.05, 0.1) is 30.5 Å². The van der Waals surface area contributed by atoms with Gasteiger partial charge in [-0.15, -0.1) is 0 Å². The van der Waals surface area contributed by atoms with Gasteiger partial charge in [-0.3, -0.25) is 9.88 Å². The van der Waals surface area contributed by atoms with E-state index in [9.17, 15) is 13.9 Å². The number of hydrogen-bond acceptors (Lipinski definition) is 7. The molecule has 0 bridgehead atoms. The maximum absolute atomic E-state index is 14.9. The molecule has 1 saturated heterocycles. The van der Waals surface area contributed by atoms with E-state index in [1.165, 1.54) is 6.07 Å². The van der Waals surface area contributed by atoms with Gasteiger partial charge in [-0.1, -0.05) is 6.07 Å². The predicted octanol–water partition coefficient (Wildman–Crippen LogP) is 3.97. The number of likely N-dealkylation sites (tertiary alicyclic amines) is 1. The van der Waals surface area contributed by atoms with Gasteiger partial charge in [-0.25, -0.2) is 18.7 Å². The molecule has 2 aliphatic rings. The SMILES string of the molecule is CC(C)N1CCOc2c(F)cc(-c3nc(Cc4ccc(CN5CCC(C)(O)C5)cn4)ncc3F)cc21. The number of halogens is 2. The normalized spacial score (nSPS) is 20.0. The topological polar surface area (TPSA) is 74.6 Å². The van der Waals surface area contributed by atoms with Gasteiger partial charge in [-0.2, -0.15) is 0 Å². The standard InChI is InChI=1S/C27H31F2N5O2/c1-17(2)34-8-9-36-26-21(28)10-19(11-23(26)34)25-22(29)14-31-24(32-25)12-20-5-4-18(13-30-20)15-33-7-6-27(3,35)16-33/h4-5,10-11,13-14,17,35H,6-9,12,15-16H2,1-3H3. The Labute approximate surface area is 209 Å². The lowest BCUT2D eigenvalue weighted by Crippen LogP contribution is -2.38. The molecule has 0 aliphatic carbocycles. The average Bonchev–Trinajstić information content (AvgIpc) is 3.19. The smallest absolute Gasteiger partial charge is 0.178 e. The number of hydrogen-bond donors (Lipinski definition) is 1. The molecule has 190 valence electrons. The van der Waals surface area contributed by atoms with Crippen LogP contribution < -0.4 is 9.64 Å². The molecule has 4 heterocycles. The Morgan fingerprint density at radius 1 is 1.11 bits per heavy atom. The maximum atomic E-state index is 14.9. The summed E-state index contributed by atoms with van der Waals surface area (Å²) >= 11 is 0. The van der Waals surface area contributed by atoms with Crippen molar-refractivity contribution in [1.29, 1.82) is 0 Å². The summed E-state index contributed by atoms with van der Waals surface area (Å²) in [6.07, 6.45) is 4.02. The minimum absolute atomic E-state index is 0.0497. The predicted molar refractivity (Wildman–Crippen MR) is 133 cm³/mol. The third-order valence-electron chi connectivity index (χ3n) is 6.77. The first-order chi connectivity index (χ1) is 17.2. The van der Waals surface area contributed by atoms with E-state index in [0.717, 1.165) is 37.0 Å². The maximum Gasteiger partial charge on any atom is 0.178 e. The summed E-state index contributed by atoms with van der Waals surface area (Å²) in [5.41, 5.74) is 2.16. The molecule has 1 N–H and O–H groups in total. The Hall–Kier alpha value is -3.17. The van der Waals surface area contributed by atoms with Crippen molar-refractivity contribution < 1.29 is 18.6 Å². The van der Waals surface area contributed by atoms with Gasteiger partial charge < -0.3 is 14.7 Å². The van der Waals surface area contributed by atoms with E-state index in [1.807, 2.05) is 44.0 Å². The first kappa shape index (κ1) is 24.5. The quantitative estimate of drug-likeness (QED) is 0.555. The first-order valence-electron chi connectivity index (χ1n) is 12.3. The van der Waals surface area contributed by atoms with Crippen molar-refractivity contribution in [3.8, 4) is 17.0 Å². The Bertz CT molecular complexity index is 1250. The highest BCUT2D eigenvalue weighted by Crippen LogP contribution is 2.39. The molecule has 36 heavy (non-hydrogen) atoms. The third kappa shape index (κ3) is 5.17. The zero-order chi connectivity index (χ0) is 25.4. The fraction of sp³-hybridized carbons (Fsp3) is 0.444. The molecule has 1 fully saturated rings. The average molecular weight is 496 g/mol. The highest BCUT2D eigenvalue weighted by atomic mass is 19.1. The number of ether oxygens (including phenoxy) is 1. The number of nitrogens with zero attached hydrogens (tertiary/aromatic N) is 5. The minimum Gasteiger partial charge on any atom is -0.486 e. The summed E-state index contributed by atoms with van der Waals surface area (Å²) in [5, 5.41) is 10.2. The second kappa shape index (κ2) is 9.71. The second-order valence-electron chi connectivity index (χ2n) is 10.2. The molecule has 1 unspecified atom stereocenters. The fourth-order valence-corrected chi connectivity index (χ4v) is 4.91. The summed E-state index contributed by atoms with van der Waals surface area (Å²) in [6.45, 7) is 9.16. The number of aromatic nitrogens is 3. The lowest BCUT2D eigenvalue weighted by Gasteiger charge is -2.34. The van der Waals surface area contributed by atoms with Gasteiger partial charge in [0.1, 0.15) is 18.1 Å². The number of pyridine rings is 1. The van der Waals surface area contributed by atoms with Crippen LogP contribution in [0.2, 0.25) is 0 Å². The van der Waals surface area contributed by atoms with Crippen molar-refractivity contribution in [2.75, 3.05) is 31.1 Å². The minimum atomic E-state index is -0.633. The Morgan fingerprint density at radius 2 is 1.94 bits per heavy atom. The van der Waals surface area contributed by atoms with Crippen molar-refractivity contribution >= 4 is 5.69 Å². The third-order valence-corrected chi connectivity index (χ3v) is 6.77. The van der Waals surface area contributed by atoms with Crippen LogP contribution in [0, 0.1) is 11.6 Å². The molecule has 7 nitrogen and oxygen atoms in total. The van der Waals surface area contributed by atoms with E-state index in [4.69, 9.17) is 4.74 Å². The van der Waals surface area contributed by atoms with Gasteiger partial charge >= 0.3 is 0 Å². The molecule has 9 heteroatoms. The lowest BCUT2D eigenvalue weighted by molar-refractivity contribution is 0.0679. The number of benzene rings is 1. The van der Waals surface area contributed by atoms with Crippen molar-refractivity contribution in [2.45, 2.75) is 51.8 Å². The van der Waals surface area contributed by atoms with Crippen molar-refractivity contribution in [1.82, 2.24) is 19.9 Å². The number of β-amino-alcohol motifs (C(OH)–C–C–N with tert-alkyl or cyclic N) is 1. The largest absolute Gasteiger partial charge is 0.486 e. The van der Waals surface area contributed by atoms with Crippen LogP contribution in [-0.2, 0) is 13.0 Å². The fourth-order valence-electron chi connectivity index (χ4n) is 4.91. The zero-order valence-corrected chi connectivity index (χ0v) is 20.8. The van der Waals surface area contributed by atoms with Crippen LogP contribution in [0.5, 0.6) is 5.75 Å².